The molecule has 1 aromatic heterocycles. The number of aromatic nitrogens is 1. The van der Waals surface area contributed by atoms with E-state index in [1.807, 2.05) is 11.8 Å². The van der Waals surface area contributed by atoms with E-state index in [1.54, 1.807) is 0 Å². The number of aryl methyl sites for hydroxylation is 2. The molecule has 0 saturated heterocycles. The molecule has 0 aliphatic heterocycles. The Hall–Kier alpha value is -1.85. The summed E-state index contributed by atoms with van der Waals surface area (Å²) in [6, 6.07) is 8.29. The van der Waals surface area contributed by atoms with E-state index < -0.39 is 0 Å². The zero-order valence-corrected chi connectivity index (χ0v) is 10.3. The number of benzene rings is 1. The van der Waals surface area contributed by atoms with Crippen LogP contribution in [0.4, 0.5) is 0 Å². The number of hydrogen-bond donors (Lipinski definition) is 2. The Morgan fingerprint density at radius 3 is 3.00 bits per heavy atom. The van der Waals surface area contributed by atoms with Crippen molar-refractivity contribution in [1.29, 1.82) is 0 Å². The number of nitrogens with one attached hydrogen (secondary N) is 1. The van der Waals surface area contributed by atoms with Crippen molar-refractivity contribution in [3.8, 4) is 0 Å². The predicted molar refractivity (Wildman–Crippen MR) is 69.3 cm³/mol. The Morgan fingerprint density at radius 2 is 2.28 bits per heavy atom. The maximum Gasteiger partial charge on any atom is 0.328 e. The molecule has 0 spiro atoms. The van der Waals surface area contributed by atoms with Crippen molar-refractivity contribution < 1.29 is 9.63 Å². The molecular weight excluding hydrogens is 230 g/mol. The molecule has 0 aliphatic carbocycles. The topological polar surface area (TPSA) is 69.3 Å². The van der Waals surface area contributed by atoms with E-state index in [2.05, 4.69) is 40.6 Å². The van der Waals surface area contributed by atoms with Crippen molar-refractivity contribution >= 4 is 16.9 Å². The van der Waals surface area contributed by atoms with Gasteiger partial charge in [0.05, 0.1) is 11.9 Å². The average molecular weight is 247 g/mol. The van der Waals surface area contributed by atoms with Gasteiger partial charge in [0.1, 0.15) is 0 Å². The first-order chi connectivity index (χ1) is 8.76. The summed E-state index contributed by atoms with van der Waals surface area (Å²) in [5.74, 6) is 4.55. The molecule has 0 unspecified atom stereocenters. The van der Waals surface area contributed by atoms with Crippen molar-refractivity contribution in [3.63, 3.8) is 0 Å². The second kappa shape index (κ2) is 5.66. The lowest BCUT2D eigenvalue weighted by Gasteiger charge is -2.08. The zero-order valence-electron chi connectivity index (χ0n) is 10.3. The van der Waals surface area contributed by atoms with E-state index in [9.17, 15) is 4.79 Å². The molecule has 2 aromatic rings. The van der Waals surface area contributed by atoms with Crippen LogP contribution < -0.4 is 11.4 Å². The van der Waals surface area contributed by atoms with Crippen LogP contribution in [0.3, 0.4) is 0 Å². The molecular formula is C13H17N3O2. The minimum Gasteiger partial charge on any atom is -0.356 e. The molecule has 5 nitrogen and oxygen atoms in total. The van der Waals surface area contributed by atoms with Crippen LogP contribution >= 0.6 is 0 Å². The first kappa shape index (κ1) is 12.6. The monoisotopic (exact) mass is 247 g/mol. The number of rotatable bonds is 5. The van der Waals surface area contributed by atoms with E-state index in [4.69, 9.17) is 5.84 Å². The molecule has 5 heteroatoms. The normalized spacial score (nSPS) is 10.8. The van der Waals surface area contributed by atoms with Gasteiger partial charge in [0, 0.05) is 12.7 Å². The maximum atomic E-state index is 11.3. The Morgan fingerprint density at radius 1 is 1.44 bits per heavy atom. The first-order valence-corrected chi connectivity index (χ1v) is 5.98. The fraction of sp³-hybridized carbons (Fsp3) is 0.308. The quantitative estimate of drug-likeness (QED) is 0.621. The highest BCUT2D eigenvalue weighted by Crippen LogP contribution is 2.21. The van der Waals surface area contributed by atoms with Crippen molar-refractivity contribution in [2.24, 2.45) is 5.84 Å². The lowest BCUT2D eigenvalue weighted by atomic mass is 10.1. The Labute approximate surface area is 105 Å². The lowest BCUT2D eigenvalue weighted by molar-refractivity contribution is -0.151. The third-order valence-corrected chi connectivity index (χ3v) is 2.98. The number of carbonyl (C=O) groups is 1. The van der Waals surface area contributed by atoms with Crippen LogP contribution in [0, 0.1) is 0 Å². The smallest absolute Gasteiger partial charge is 0.328 e. The summed E-state index contributed by atoms with van der Waals surface area (Å²) >= 11 is 0. The molecule has 2 rings (SSSR count). The number of hydrazine groups is 1. The van der Waals surface area contributed by atoms with E-state index in [0.29, 0.717) is 6.54 Å². The minimum absolute atomic E-state index is 0.284. The summed E-state index contributed by atoms with van der Waals surface area (Å²) in [4.78, 5) is 15.7. The van der Waals surface area contributed by atoms with Gasteiger partial charge in [-0.25, -0.2) is 5.84 Å². The summed E-state index contributed by atoms with van der Waals surface area (Å²) < 4.78 is 2.08. The van der Waals surface area contributed by atoms with Crippen LogP contribution in [-0.4, -0.2) is 10.5 Å². The summed E-state index contributed by atoms with van der Waals surface area (Å²) in [5.41, 5.74) is 4.37. The molecule has 1 heterocycles. The Kier molecular flexibility index (Phi) is 3.96. The number of para-hydroxylation sites is 1. The summed E-state index contributed by atoms with van der Waals surface area (Å²) in [7, 11) is 0. The molecule has 18 heavy (non-hydrogen) atoms. The van der Waals surface area contributed by atoms with Gasteiger partial charge < -0.3 is 9.40 Å². The maximum absolute atomic E-state index is 11.3. The summed E-state index contributed by atoms with van der Waals surface area (Å²) in [5, 5.41) is 1.19. The van der Waals surface area contributed by atoms with Gasteiger partial charge in [-0.15, -0.1) is 0 Å². The molecule has 0 radical (unpaired) electrons. The summed E-state index contributed by atoms with van der Waals surface area (Å²) in [6.45, 7) is 2.71. The van der Waals surface area contributed by atoms with Gasteiger partial charge in [-0.1, -0.05) is 30.7 Å². The molecule has 0 saturated carbocycles. The van der Waals surface area contributed by atoms with Gasteiger partial charge in [0.2, 0.25) is 0 Å². The van der Waals surface area contributed by atoms with Gasteiger partial charge in [-0.05, 0) is 23.4 Å². The van der Waals surface area contributed by atoms with E-state index in [1.165, 1.54) is 16.5 Å². The minimum atomic E-state index is -0.367. The van der Waals surface area contributed by atoms with Crippen molar-refractivity contribution in [3.05, 3.63) is 36.0 Å². The molecule has 3 N–H and O–H groups in total. The van der Waals surface area contributed by atoms with Crippen LogP contribution in [0.25, 0.3) is 10.9 Å². The van der Waals surface area contributed by atoms with Crippen LogP contribution in [0.15, 0.2) is 30.5 Å². The number of carbonyl (C=O) groups excluding carboxylic acids is 1. The predicted octanol–water partition coefficient (Wildman–Crippen LogP) is 1.52. The second-order valence-corrected chi connectivity index (χ2v) is 4.06. The van der Waals surface area contributed by atoms with Crippen LogP contribution in [0.2, 0.25) is 0 Å². The van der Waals surface area contributed by atoms with Crippen LogP contribution in [0.1, 0.15) is 18.9 Å². The molecule has 0 aliphatic rings. The lowest BCUT2D eigenvalue weighted by Crippen LogP contribution is -2.26. The summed E-state index contributed by atoms with van der Waals surface area (Å²) in [6.07, 6.45) is 3.25. The van der Waals surface area contributed by atoms with Gasteiger partial charge in [-0.2, -0.15) is 0 Å². The Balaban J connectivity index is 2.20. The van der Waals surface area contributed by atoms with Gasteiger partial charge >= 0.3 is 5.97 Å². The van der Waals surface area contributed by atoms with Crippen molar-refractivity contribution in [2.75, 3.05) is 0 Å². The number of nitrogens with two attached hydrogens (primary N) is 1. The van der Waals surface area contributed by atoms with Crippen LogP contribution in [-0.2, 0) is 22.6 Å². The average Bonchev–Trinajstić information content (AvgIpc) is 2.80. The van der Waals surface area contributed by atoms with Crippen molar-refractivity contribution in [2.45, 2.75) is 26.3 Å². The molecule has 0 bridgehead atoms. The van der Waals surface area contributed by atoms with Crippen molar-refractivity contribution in [1.82, 2.24) is 10.2 Å². The van der Waals surface area contributed by atoms with E-state index in [0.717, 1.165) is 6.42 Å². The number of fused-ring (bicyclic) bond motifs is 1. The van der Waals surface area contributed by atoms with Gasteiger partial charge in [-0.3, -0.25) is 4.79 Å². The van der Waals surface area contributed by atoms with E-state index >= 15 is 0 Å². The fourth-order valence-electron chi connectivity index (χ4n) is 2.14. The van der Waals surface area contributed by atoms with E-state index in [-0.39, 0.29) is 12.4 Å². The van der Waals surface area contributed by atoms with Gasteiger partial charge in [0.25, 0.3) is 0 Å². The third-order valence-electron chi connectivity index (χ3n) is 2.98. The fourth-order valence-corrected chi connectivity index (χ4v) is 2.14. The highest BCUT2D eigenvalue weighted by molar-refractivity contribution is 5.83. The molecule has 0 fully saturated rings. The zero-order chi connectivity index (χ0) is 13.0. The highest BCUT2D eigenvalue weighted by Gasteiger charge is 2.08. The first-order valence-electron chi connectivity index (χ1n) is 5.98. The molecule has 1 aromatic carbocycles. The number of nitrogens with zero attached hydrogens (tertiary/aromatic N) is 1. The standard InChI is InChI=1S/C13H17N3O2/c1-2-10-4-3-5-11-6-8-16(13(10)11)9-7-12(17)18-15-14/h3-6,8,15H,2,7,9,14H2,1H3. The largest absolute Gasteiger partial charge is 0.356 e. The highest BCUT2D eigenvalue weighted by atomic mass is 16.7. The third kappa shape index (κ3) is 2.52. The SMILES string of the molecule is CCc1cccc2ccn(CCC(=O)ONN)c12. The number of hydrogen-bond acceptors (Lipinski definition) is 4. The van der Waals surface area contributed by atoms with Crippen LogP contribution in [0.5, 0.6) is 0 Å². The molecule has 0 amide bonds. The molecule has 96 valence electrons. The Bertz CT molecular complexity index is 548. The molecule has 0 atom stereocenters. The van der Waals surface area contributed by atoms with Gasteiger partial charge in [0.15, 0.2) is 0 Å². The second-order valence-electron chi connectivity index (χ2n) is 4.06.